The Morgan fingerprint density at radius 2 is 2.12 bits per heavy atom. The minimum absolute atomic E-state index is 0.227. The molecule has 4 nitrogen and oxygen atoms in total. The van der Waals surface area contributed by atoms with Crippen LogP contribution in [0.5, 0.6) is 0 Å². The average Bonchev–Trinajstić information content (AvgIpc) is 2.28. The molecule has 0 fully saturated rings. The lowest BCUT2D eigenvalue weighted by atomic mass is 10.2. The van der Waals surface area contributed by atoms with Gasteiger partial charge in [0.1, 0.15) is 0 Å². The molecule has 0 aliphatic heterocycles. The van der Waals surface area contributed by atoms with Gasteiger partial charge in [0, 0.05) is 16.7 Å². The van der Waals surface area contributed by atoms with Crippen LogP contribution in [0.4, 0.5) is 0 Å². The van der Waals surface area contributed by atoms with Gasteiger partial charge in [0.05, 0.1) is 6.54 Å². The number of thiocarbonyl (C=S) groups is 1. The maximum Gasteiger partial charge on any atom is 0.166 e. The van der Waals surface area contributed by atoms with Gasteiger partial charge in [0.2, 0.25) is 0 Å². The van der Waals surface area contributed by atoms with Gasteiger partial charge in [-0.15, -0.1) is 0 Å². The molecule has 0 bridgehead atoms. The van der Waals surface area contributed by atoms with Gasteiger partial charge >= 0.3 is 0 Å². The Morgan fingerprint density at radius 1 is 1.38 bits per heavy atom. The number of hydrogen-bond acceptors (Lipinski definition) is 3. The molecule has 1 aromatic carbocycles. The SMILES string of the molecule is O=NCCNC(=S)NCc1ccccc1I. The first-order valence-electron chi connectivity index (χ1n) is 4.78. The van der Waals surface area contributed by atoms with Crippen LogP contribution in [0.1, 0.15) is 5.56 Å². The minimum Gasteiger partial charge on any atom is -0.361 e. The summed E-state index contributed by atoms with van der Waals surface area (Å²) >= 11 is 7.32. The second kappa shape index (κ2) is 7.50. The maximum atomic E-state index is 9.86. The van der Waals surface area contributed by atoms with E-state index in [2.05, 4.69) is 38.4 Å². The molecule has 0 aromatic heterocycles. The molecule has 0 heterocycles. The third-order valence-corrected chi connectivity index (χ3v) is 3.23. The lowest BCUT2D eigenvalue weighted by molar-refractivity contribution is 0.818. The van der Waals surface area contributed by atoms with Crippen molar-refractivity contribution in [1.82, 2.24) is 10.6 Å². The predicted molar refractivity (Wildman–Crippen MR) is 77.3 cm³/mol. The fraction of sp³-hybridized carbons (Fsp3) is 0.300. The molecule has 0 amide bonds. The molecule has 16 heavy (non-hydrogen) atoms. The van der Waals surface area contributed by atoms with Gasteiger partial charge in [-0.3, -0.25) is 0 Å². The van der Waals surface area contributed by atoms with Crippen LogP contribution >= 0.6 is 34.8 Å². The summed E-state index contributed by atoms with van der Waals surface area (Å²) in [5.74, 6) is 0. The van der Waals surface area contributed by atoms with E-state index in [4.69, 9.17) is 12.2 Å². The predicted octanol–water partition coefficient (Wildman–Crippen LogP) is 2.02. The summed E-state index contributed by atoms with van der Waals surface area (Å²) < 4.78 is 1.20. The summed E-state index contributed by atoms with van der Waals surface area (Å²) in [6.45, 7) is 1.38. The third kappa shape index (κ3) is 4.84. The van der Waals surface area contributed by atoms with E-state index < -0.39 is 0 Å². The van der Waals surface area contributed by atoms with Crippen molar-refractivity contribution >= 4 is 39.9 Å². The van der Waals surface area contributed by atoms with Crippen molar-refractivity contribution in [3.05, 3.63) is 38.3 Å². The second-order valence-corrected chi connectivity index (χ2v) is 4.62. The Labute approximate surface area is 113 Å². The zero-order valence-corrected chi connectivity index (χ0v) is 11.5. The first-order chi connectivity index (χ1) is 7.74. The molecule has 0 radical (unpaired) electrons. The molecule has 1 rings (SSSR count). The van der Waals surface area contributed by atoms with Gasteiger partial charge < -0.3 is 10.6 Å². The van der Waals surface area contributed by atoms with Crippen LogP contribution in [0.3, 0.4) is 0 Å². The van der Waals surface area contributed by atoms with Crippen molar-refractivity contribution in [2.45, 2.75) is 6.54 Å². The number of nitroso groups, excluding NO2 is 1. The summed E-state index contributed by atoms with van der Waals surface area (Å²) in [4.78, 5) is 9.86. The molecule has 0 saturated heterocycles. The van der Waals surface area contributed by atoms with E-state index in [0.717, 1.165) is 0 Å². The molecular weight excluding hydrogens is 337 g/mol. The first kappa shape index (κ1) is 13.3. The lowest BCUT2D eigenvalue weighted by Gasteiger charge is -2.10. The summed E-state index contributed by atoms with van der Waals surface area (Å²) in [6.07, 6.45) is 0. The Morgan fingerprint density at radius 3 is 2.81 bits per heavy atom. The van der Waals surface area contributed by atoms with E-state index in [1.807, 2.05) is 24.3 Å². The van der Waals surface area contributed by atoms with Crippen molar-refractivity contribution in [2.75, 3.05) is 13.1 Å². The van der Waals surface area contributed by atoms with Crippen molar-refractivity contribution in [3.8, 4) is 0 Å². The van der Waals surface area contributed by atoms with Crippen LogP contribution in [0.15, 0.2) is 29.4 Å². The first-order valence-corrected chi connectivity index (χ1v) is 6.27. The summed E-state index contributed by atoms with van der Waals surface area (Å²) in [5.41, 5.74) is 1.20. The molecule has 0 spiro atoms. The number of nitrogens with one attached hydrogen (secondary N) is 2. The fourth-order valence-corrected chi connectivity index (χ4v) is 1.85. The summed E-state index contributed by atoms with van der Waals surface area (Å²) in [5, 5.41) is 9.25. The number of rotatable bonds is 5. The van der Waals surface area contributed by atoms with E-state index >= 15 is 0 Å². The molecule has 0 saturated carbocycles. The monoisotopic (exact) mass is 349 g/mol. The number of benzene rings is 1. The highest BCUT2D eigenvalue weighted by Gasteiger charge is 1.99. The van der Waals surface area contributed by atoms with E-state index in [-0.39, 0.29) is 6.54 Å². The fourth-order valence-electron chi connectivity index (χ4n) is 1.09. The van der Waals surface area contributed by atoms with Crippen molar-refractivity contribution < 1.29 is 0 Å². The third-order valence-electron chi connectivity index (χ3n) is 1.89. The molecule has 0 aliphatic carbocycles. The summed E-state index contributed by atoms with van der Waals surface area (Å²) in [6, 6.07) is 8.08. The standard InChI is InChI=1S/C10H12IN3OS/c11-9-4-2-1-3-8(9)7-13-10(16)12-5-6-14-15/h1-4H,5-7H2,(H2,12,13,16). The van der Waals surface area contributed by atoms with E-state index in [1.165, 1.54) is 9.13 Å². The van der Waals surface area contributed by atoms with Crippen LogP contribution in [-0.2, 0) is 6.54 Å². The zero-order chi connectivity index (χ0) is 11.8. The largest absolute Gasteiger partial charge is 0.361 e. The zero-order valence-electron chi connectivity index (χ0n) is 8.57. The maximum absolute atomic E-state index is 9.86. The van der Waals surface area contributed by atoms with Gasteiger partial charge in [0.25, 0.3) is 0 Å². The van der Waals surface area contributed by atoms with E-state index in [0.29, 0.717) is 18.2 Å². The van der Waals surface area contributed by atoms with Crippen LogP contribution in [0, 0.1) is 8.48 Å². The molecule has 0 aliphatic rings. The van der Waals surface area contributed by atoms with Gasteiger partial charge in [0.15, 0.2) is 5.11 Å². The minimum atomic E-state index is 0.227. The highest BCUT2D eigenvalue weighted by Crippen LogP contribution is 2.10. The van der Waals surface area contributed by atoms with Gasteiger partial charge in [-0.2, -0.15) is 4.91 Å². The quantitative estimate of drug-likeness (QED) is 0.370. The van der Waals surface area contributed by atoms with Crippen molar-refractivity contribution in [1.29, 1.82) is 0 Å². The van der Waals surface area contributed by atoms with Crippen molar-refractivity contribution in [2.24, 2.45) is 5.18 Å². The Hall–Kier alpha value is -0.760. The van der Waals surface area contributed by atoms with E-state index in [1.54, 1.807) is 0 Å². The van der Waals surface area contributed by atoms with Crippen LogP contribution < -0.4 is 10.6 Å². The van der Waals surface area contributed by atoms with Crippen molar-refractivity contribution in [3.63, 3.8) is 0 Å². The highest BCUT2D eigenvalue weighted by molar-refractivity contribution is 14.1. The topological polar surface area (TPSA) is 53.5 Å². The molecule has 0 atom stereocenters. The van der Waals surface area contributed by atoms with Crippen LogP contribution in [0.25, 0.3) is 0 Å². The highest BCUT2D eigenvalue weighted by atomic mass is 127. The number of nitrogens with zero attached hydrogens (tertiary/aromatic N) is 1. The van der Waals surface area contributed by atoms with Gasteiger partial charge in [-0.1, -0.05) is 23.4 Å². The smallest absolute Gasteiger partial charge is 0.166 e. The molecule has 6 heteroatoms. The molecule has 1 aromatic rings. The van der Waals surface area contributed by atoms with Gasteiger partial charge in [-0.05, 0) is 46.4 Å². The second-order valence-electron chi connectivity index (χ2n) is 3.05. The molecule has 0 unspecified atom stereocenters. The van der Waals surface area contributed by atoms with Crippen LogP contribution in [-0.4, -0.2) is 18.2 Å². The molecular formula is C10H12IN3OS. The summed E-state index contributed by atoms with van der Waals surface area (Å²) in [7, 11) is 0. The van der Waals surface area contributed by atoms with Gasteiger partial charge in [-0.25, -0.2) is 0 Å². The Kier molecular flexibility index (Phi) is 6.24. The average molecular weight is 349 g/mol. The van der Waals surface area contributed by atoms with E-state index in [9.17, 15) is 4.91 Å². The number of halogens is 1. The number of hydrogen-bond donors (Lipinski definition) is 2. The molecule has 2 N–H and O–H groups in total. The molecule has 86 valence electrons. The van der Waals surface area contributed by atoms with Crippen LogP contribution in [0.2, 0.25) is 0 Å². The lowest BCUT2D eigenvalue weighted by Crippen LogP contribution is -2.36. The normalized spacial score (nSPS) is 9.56. The Balaban J connectivity index is 2.31. The Bertz CT molecular complexity index is 373.